The molecule has 1 aromatic carbocycles. The third-order valence-corrected chi connectivity index (χ3v) is 3.85. The molecule has 94 valence electrons. The van der Waals surface area contributed by atoms with E-state index in [0.717, 1.165) is 18.5 Å². The van der Waals surface area contributed by atoms with Crippen molar-refractivity contribution in [2.75, 3.05) is 12.3 Å². The fourth-order valence-corrected chi connectivity index (χ4v) is 2.45. The summed E-state index contributed by atoms with van der Waals surface area (Å²) in [6, 6.07) is 6.92. The number of anilines is 1. The molecule has 2 rings (SSSR count). The van der Waals surface area contributed by atoms with E-state index in [2.05, 4.69) is 31.3 Å². The summed E-state index contributed by atoms with van der Waals surface area (Å²) in [4.78, 5) is 0. The minimum absolute atomic E-state index is 0.232. The lowest BCUT2D eigenvalue weighted by Gasteiger charge is -2.24. The van der Waals surface area contributed by atoms with Crippen LogP contribution in [-0.2, 0) is 6.42 Å². The highest BCUT2D eigenvalue weighted by Gasteiger charge is 2.24. The van der Waals surface area contributed by atoms with E-state index in [9.17, 15) is 0 Å². The second-order valence-electron chi connectivity index (χ2n) is 5.16. The number of rotatable bonds is 4. The maximum Gasteiger partial charge on any atom is 0.0471 e. The predicted octanol–water partition coefficient (Wildman–Crippen LogP) is 1.86. The molecule has 0 heterocycles. The summed E-state index contributed by atoms with van der Waals surface area (Å²) in [6.45, 7) is 4.43. The molecule has 0 fully saturated rings. The number of hydrogen-bond acceptors (Lipinski definition) is 3. The van der Waals surface area contributed by atoms with E-state index in [1.807, 2.05) is 6.07 Å². The fraction of sp³-hybridized carbons (Fsp3) is 0.571. The summed E-state index contributed by atoms with van der Waals surface area (Å²) in [7, 11) is 0. The van der Waals surface area contributed by atoms with Gasteiger partial charge in [0.25, 0.3) is 0 Å². The summed E-state index contributed by atoms with van der Waals surface area (Å²) in [5.41, 5.74) is 9.38. The minimum atomic E-state index is 0.232. The van der Waals surface area contributed by atoms with Crippen molar-refractivity contribution in [3.05, 3.63) is 29.3 Å². The number of benzene rings is 1. The van der Waals surface area contributed by atoms with Crippen molar-refractivity contribution in [1.29, 1.82) is 0 Å². The van der Waals surface area contributed by atoms with Gasteiger partial charge in [0, 0.05) is 24.4 Å². The zero-order valence-electron chi connectivity index (χ0n) is 10.6. The summed E-state index contributed by atoms with van der Waals surface area (Å²) in [6.07, 6.45) is 2.22. The highest BCUT2D eigenvalue weighted by Crippen LogP contribution is 2.32. The van der Waals surface area contributed by atoms with Crippen LogP contribution in [0.25, 0.3) is 0 Å². The molecular weight excluding hydrogens is 212 g/mol. The molecule has 0 amide bonds. The topological polar surface area (TPSA) is 58.3 Å². The van der Waals surface area contributed by atoms with Gasteiger partial charge in [-0.05, 0) is 48.9 Å². The lowest BCUT2D eigenvalue weighted by molar-refractivity contribution is 0.200. The van der Waals surface area contributed by atoms with E-state index in [1.54, 1.807) is 0 Å². The van der Waals surface area contributed by atoms with Gasteiger partial charge in [0.15, 0.2) is 0 Å². The van der Waals surface area contributed by atoms with Crippen molar-refractivity contribution in [2.24, 2.45) is 5.92 Å². The normalized spacial score (nSPS) is 22.2. The SMILES string of the molecule is CC(CO)C(C)NC1CCc2cc(N)ccc21. The second kappa shape index (κ2) is 5.07. The van der Waals surface area contributed by atoms with Gasteiger partial charge in [-0.25, -0.2) is 0 Å². The van der Waals surface area contributed by atoms with E-state index in [-0.39, 0.29) is 12.5 Å². The molecule has 4 N–H and O–H groups in total. The zero-order valence-corrected chi connectivity index (χ0v) is 10.6. The van der Waals surface area contributed by atoms with E-state index >= 15 is 0 Å². The number of aryl methyl sites for hydroxylation is 1. The Morgan fingerprint density at radius 3 is 2.94 bits per heavy atom. The molecule has 3 heteroatoms. The van der Waals surface area contributed by atoms with Crippen LogP contribution in [-0.4, -0.2) is 17.8 Å². The van der Waals surface area contributed by atoms with Crippen LogP contribution in [0.3, 0.4) is 0 Å². The third-order valence-electron chi connectivity index (χ3n) is 3.85. The van der Waals surface area contributed by atoms with Crippen LogP contribution in [0.2, 0.25) is 0 Å². The quantitative estimate of drug-likeness (QED) is 0.697. The number of hydrogen-bond donors (Lipinski definition) is 3. The number of fused-ring (bicyclic) bond motifs is 1. The van der Waals surface area contributed by atoms with E-state index < -0.39 is 0 Å². The Bertz CT molecular complexity index is 392. The first-order valence-corrected chi connectivity index (χ1v) is 6.37. The number of aliphatic hydroxyl groups excluding tert-OH is 1. The van der Waals surface area contributed by atoms with Gasteiger partial charge >= 0.3 is 0 Å². The molecule has 0 aliphatic heterocycles. The molecule has 0 radical (unpaired) electrons. The molecule has 1 aliphatic carbocycles. The lowest BCUT2D eigenvalue weighted by Crippen LogP contribution is -2.36. The Labute approximate surface area is 103 Å². The van der Waals surface area contributed by atoms with Gasteiger partial charge in [0.2, 0.25) is 0 Å². The molecule has 0 saturated heterocycles. The molecule has 17 heavy (non-hydrogen) atoms. The van der Waals surface area contributed by atoms with Crippen molar-refractivity contribution < 1.29 is 5.11 Å². The number of nitrogens with one attached hydrogen (secondary N) is 1. The van der Waals surface area contributed by atoms with Crippen LogP contribution in [0.4, 0.5) is 5.69 Å². The Hall–Kier alpha value is -1.06. The molecule has 0 saturated carbocycles. The molecular formula is C14H22N2O. The third kappa shape index (κ3) is 2.61. The van der Waals surface area contributed by atoms with Crippen LogP contribution in [0, 0.1) is 5.92 Å². The maximum atomic E-state index is 9.15. The summed E-state index contributed by atoms with van der Waals surface area (Å²) in [5.74, 6) is 0.285. The van der Waals surface area contributed by atoms with E-state index in [4.69, 9.17) is 10.8 Å². The minimum Gasteiger partial charge on any atom is -0.399 e. The van der Waals surface area contributed by atoms with Crippen molar-refractivity contribution in [1.82, 2.24) is 5.32 Å². The average molecular weight is 234 g/mol. The molecule has 3 unspecified atom stereocenters. The lowest BCUT2D eigenvalue weighted by atomic mass is 10.0. The van der Waals surface area contributed by atoms with Gasteiger partial charge in [-0.3, -0.25) is 0 Å². The fourth-order valence-electron chi connectivity index (χ4n) is 2.45. The largest absolute Gasteiger partial charge is 0.399 e. The highest BCUT2D eigenvalue weighted by molar-refractivity contribution is 5.47. The first-order chi connectivity index (χ1) is 8.11. The van der Waals surface area contributed by atoms with Crippen LogP contribution >= 0.6 is 0 Å². The smallest absolute Gasteiger partial charge is 0.0471 e. The standard InChI is InChI=1S/C14H22N2O/c1-9(8-17)10(2)16-14-6-3-11-7-12(15)4-5-13(11)14/h4-5,7,9-10,14,16-17H,3,6,8,15H2,1-2H3. The van der Waals surface area contributed by atoms with Gasteiger partial charge in [0.05, 0.1) is 0 Å². The molecule has 0 spiro atoms. The first-order valence-electron chi connectivity index (χ1n) is 6.37. The zero-order chi connectivity index (χ0) is 12.4. The van der Waals surface area contributed by atoms with Crippen LogP contribution < -0.4 is 11.1 Å². The maximum absolute atomic E-state index is 9.15. The second-order valence-corrected chi connectivity index (χ2v) is 5.16. The Morgan fingerprint density at radius 2 is 2.24 bits per heavy atom. The van der Waals surface area contributed by atoms with Crippen molar-refractivity contribution in [2.45, 2.75) is 38.8 Å². The number of nitrogens with two attached hydrogens (primary N) is 1. The number of aliphatic hydroxyl groups is 1. The summed E-state index contributed by atoms with van der Waals surface area (Å²) in [5, 5.41) is 12.8. The van der Waals surface area contributed by atoms with Gasteiger partial charge in [-0.1, -0.05) is 13.0 Å². The highest BCUT2D eigenvalue weighted by atomic mass is 16.3. The molecule has 0 aromatic heterocycles. The average Bonchev–Trinajstić information content (AvgIpc) is 2.70. The van der Waals surface area contributed by atoms with Crippen LogP contribution in [0.1, 0.15) is 37.4 Å². The summed E-state index contributed by atoms with van der Waals surface area (Å²) >= 11 is 0. The van der Waals surface area contributed by atoms with Crippen LogP contribution in [0.15, 0.2) is 18.2 Å². The van der Waals surface area contributed by atoms with E-state index in [0.29, 0.717) is 12.1 Å². The monoisotopic (exact) mass is 234 g/mol. The van der Waals surface area contributed by atoms with Gasteiger partial charge in [-0.15, -0.1) is 0 Å². The van der Waals surface area contributed by atoms with E-state index in [1.165, 1.54) is 11.1 Å². The Balaban J connectivity index is 2.07. The molecule has 3 atom stereocenters. The van der Waals surface area contributed by atoms with Crippen molar-refractivity contribution >= 4 is 5.69 Å². The molecule has 1 aliphatic rings. The van der Waals surface area contributed by atoms with Crippen molar-refractivity contribution in [3.8, 4) is 0 Å². The Morgan fingerprint density at radius 1 is 1.47 bits per heavy atom. The van der Waals surface area contributed by atoms with Crippen LogP contribution in [0.5, 0.6) is 0 Å². The molecule has 3 nitrogen and oxygen atoms in total. The van der Waals surface area contributed by atoms with Gasteiger partial charge < -0.3 is 16.2 Å². The van der Waals surface area contributed by atoms with Gasteiger partial charge in [-0.2, -0.15) is 0 Å². The predicted molar refractivity (Wildman–Crippen MR) is 70.8 cm³/mol. The molecule has 1 aromatic rings. The molecule has 0 bridgehead atoms. The van der Waals surface area contributed by atoms with Crippen molar-refractivity contribution in [3.63, 3.8) is 0 Å². The number of nitrogen functional groups attached to an aromatic ring is 1. The van der Waals surface area contributed by atoms with Gasteiger partial charge in [0.1, 0.15) is 0 Å². The first kappa shape index (κ1) is 12.4. The Kier molecular flexibility index (Phi) is 3.69. The summed E-state index contributed by atoms with van der Waals surface area (Å²) < 4.78 is 0.